The highest BCUT2D eigenvalue weighted by molar-refractivity contribution is 9.11. The predicted molar refractivity (Wildman–Crippen MR) is 56.0 cm³/mol. The minimum absolute atomic E-state index is 0.0113. The first-order valence-corrected chi connectivity index (χ1v) is 4.98. The lowest BCUT2D eigenvalue weighted by molar-refractivity contribution is 0.462. The van der Waals surface area contributed by atoms with Crippen LogP contribution < -0.4 is 5.73 Å². The van der Waals surface area contributed by atoms with Gasteiger partial charge in [0.15, 0.2) is 0 Å². The largest absolute Gasteiger partial charge is 0.506 e. The molecule has 0 aromatic heterocycles. The summed E-state index contributed by atoms with van der Waals surface area (Å²) >= 11 is 6.39. The minimum Gasteiger partial charge on any atom is -0.506 e. The zero-order valence-electron chi connectivity index (χ0n) is 6.46. The third kappa shape index (κ3) is 2.21. The molecular formula is C8H6Br2N2O. The Morgan fingerprint density at radius 2 is 2.08 bits per heavy atom. The van der Waals surface area contributed by atoms with Crippen LogP contribution in [0.4, 0.5) is 0 Å². The molecule has 0 unspecified atom stereocenters. The number of halogens is 2. The summed E-state index contributed by atoms with van der Waals surface area (Å²) in [5.41, 5.74) is 5.88. The Labute approximate surface area is 92.4 Å². The number of nitriles is 1. The molecule has 0 saturated carbocycles. The monoisotopic (exact) mass is 304 g/mol. The normalized spacial score (nSPS) is 12.2. The first-order valence-electron chi connectivity index (χ1n) is 3.39. The van der Waals surface area contributed by atoms with Crippen molar-refractivity contribution in [1.29, 1.82) is 5.26 Å². The average Bonchev–Trinajstić information content (AvgIpc) is 2.10. The van der Waals surface area contributed by atoms with Crippen LogP contribution in [0.5, 0.6) is 5.75 Å². The quantitative estimate of drug-likeness (QED) is 0.837. The Morgan fingerprint density at radius 1 is 1.46 bits per heavy atom. The van der Waals surface area contributed by atoms with E-state index in [2.05, 4.69) is 31.9 Å². The number of aromatic hydroxyl groups is 1. The molecule has 0 bridgehead atoms. The summed E-state index contributed by atoms with van der Waals surface area (Å²) in [4.78, 5) is 0. The second kappa shape index (κ2) is 4.09. The first-order chi connectivity index (χ1) is 6.06. The van der Waals surface area contributed by atoms with Crippen molar-refractivity contribution in [1.82, 2.24) is 0 Å². The van der Waals surface area contributed by atoms with Gasteiger partial charge in [-0.2, -0.15) is 5.26 Å². The van der Waals surface area contributed by atoms with Crippen LogP contribution in [0.3, 0.4) is 0 Å². The molecule has 68 valence electrons. The molecule has 0 spiro atoms. The van der Waals surface area contributed by atoms with Gasteiger partial charge in [0, 0.05) is 10.0 Å². The number of hydrogen-bond acceptors (Lipinski definition) is 3. The molecule has 13 heavy (non-hydrogen) atoms. The summed E-state index contributed by atoms with van der Waals surface area (Å²) in [6.45, 7) is 0. The standard InChI is InChI=1S/C8H6Br2N2O/c9-4-1-5(7(12)3-11)8(13)6(10)2-4/h1-2,7,13H,12H2/t7-/m1/s1. The average molecular weight is 306 g/mol. The molecule has 3 N–H and O–H groups in total. The zero-order valence-corrected chi connectivity index (χ0v) is 9.63. The summed E-state index contributed by atoms with van der Waals surface area (Å²) in [6.07, 6.45) is 0. The van der Waals surface area contributed by atoms with Crippen molar-refractivity contribution in [2.75, 3.05) is 0 Å². The van der Waals surface area contributed by atoms with Gasteiger partial charge in [-0.15, -0.1) is 0 Å². The van der Waals surface area contributed by atoms with Crippen LogP contribution >= 0.6 is 31.9 Å². The third-order valence-corrected chi connectivity index (χ3v) is 2.59. The van der Waals surface area contributed by atoms with E-state index in [1.165, 1.54) is 0 Å². The molecule has 0 amide bonds. The maximum atomic E-state index is 9.52. The Kier molecular flexibility index (Phi) is 3.31. The molecule has 0 aliphatic rings. The van der Waals surface area contributed by atoms with Crippen molar-refractivity contribution in [3.8, 4) is 11.8 Å². The van der Waals surface area contributed by atoms with E-state index < -0.39 is 6.04 Å². The van der Waals surface area contributed by atoms with E-state index in [0.29, 0.717) is 10.0 Å². The van der Waals surface area contributed by atoms with Gasteiger partial charge in [0.1, 0.15) is 11.8 Å². The SMILES string of the molecule is N#C[C@@H](N)c1cc(Br)cc(Br)c1O. The predicted octanol–water partition coefficient (Wildman–Crippen LogP) is 2.44. The van der Waals surface area contributed by atoms with E-state index in [4.69, 9.17) is 11.0 Å². The zero-order chi connectivity index (χ0) is 10.0. The van der Waals surface area contributed by atoms with Gasteiger partial charge in [0.25, 0.3) is 0 Å². The van der Waals surface area contributed by atoms with Gasteiger partial charge in [0.05, 0.1) is 10.5 Å². The van der Waals surface area contributed by atoms with E-state index in [9.17, 15) is 5.11 Å². The van der Waals surface area contributed by atoms with E-state index in [1.54, 1.807) is 12.1 Å². The molecule has 0 heterocycles. The van der Waals surface area contributed by atoms with E-state index in [-0.39, 0.29) is 5.75 Å². The van der Waals surface area contributed by atoms with E-state index >= 15 is 0 Å². The molecule has 5 heteroatoms. The lowest BCUT2D eigenvalue weighted by atomic mass is 10.1. The molecule has 0 fully saturated rings. The lowest BCUT2D eigenvalue weighted by Crippen LogP contribution is -2.07. The van der Waals surface area contributed by atoms with Crippen LogP contribution in [0.1, 0.15) is 11.6 Å². The second-order valence-corrected chi connectivity index (χ2v) is 4.20. The smallest absolute Gasteiger partial charge is 0.135 e. The van der Waals surface area contributed by atoms with Gasteiger partial charge >= 0.3 is 0 Å². The fourth-order valence-corrected chi connectivity index (χ4v) is 2.15. The van der Waals surface area contributed by atoms with Gasteiger partial charge in [0.2, 0.25) is 0 Å². The third-order valence-electron chi connectivity index (χ3n) is 1.53. The molecule has 1 aromatic rings. The fourth-order valence-electron chi connectivity index (χ4n) is 0.893. The van der Waals surface area contributed by atoms with Crippen LogP contribution in [0.2, 0.25) is 0 Å². The highest BCUT2D eigenvalue weighted by Crippen LogP contribution is 2.34. The van der Waals surface area contributed by atoms with Crippen LogP contribution in [0.15, 0.2) is 21.1 Å². The molecule has 0 aliphatic carbocycles. The van der Waals surface area contributed by atoms with Crippen molar-refractivity contribution >= 4 is 31.9 Å². The van der Waals surface area contributed by atoms with Crippen LogP contribution in [-0.2, 0) is 0 Å². The molecule has 1 aromatic carbocycles. The Bertz CT molecular complexity index is 373. The molecular weight excluding hydrogens is 300 g/mol. The highest BCUT2D eigenvalue weighted by Gasteiger charge is 2.13. The van der Waals surface area contributed by atoms with Gasteiger partial charge in [-0.25, -0.2) is 0 Å². The highest BCUT2D eigenvalue weighted by atomic mass is 79.9. The number of phenols is 1. The number of hydrogen-bond donors (Lipinski definition) is 2. The Balaban J connectivity index is 3.30. The molecule has 0 aliphatic heterocycles. The number of phenolic OH excluding ortho intramolecular Hbond substituents is 1. The summed E-state index contributed by atoms with van der Waals surface area (Å²) in [5, 5.41) is 18.1. The molecule has 1 atom stereocenters. The maximum absolute atomic E-state index is 9.52. The van der Waals surface area contributed by atoms with Crippen molar-refractivity contribution < 1.29 is 5.11 Å². The fraction of sp³-hybridized carbons (Fsp3) is 0.125. The van der Waals surface area contributed by atoms with Crippen molar-refractivity contribution in [2.24, 2.45) is 5.73 Å². The topological polar surface area (TPSA) is 70.0 Å². The second-order valence-electron chi connectivity index (χ2n) is 2.43. The first kappa shape index (κ1) is 10.5. The molecule has 0 radical (unpaired) electrons. The van der Waals surface area contributed by atoms with Crippen LogP contribution in [0.25, 0.3) is 0 Å². The molecule has 0 saturated heterocycles. The summed E-state index contributed by atoms with van der Waals surface area (Å²) < 4.78 is 1.28. The lowest BCUT2D eigenvalue weighted by Gasteiger charge is -2.08. The van der Waals surface area contributed by atoms with E-state index in [1.807, 2.05) is 6.07 Å². The summed E-state index contributed by atoms with van der Waals surface area (Å²) in [5.74, 6) is 0.0113. The number of benzene rings is 1. The molecule has 3 nitrogen and oxygen atoms in total. The van der Waals surface area contributed by atoms with Crippen LogP contribution in [-0.4, -0.2) is 5.11 Å². The maximum Gasteiger partial charge on any atom is 0.135 e. The summed E-state index contributed by atoms with van der Waals surface area (Å²) in [6, 6.07) is 4.34. The van der Waals surface area contributed by atoms with Crippen molar-refractivity contribution in [3.05, 3.63) is 26.6 Å². The van der Waals surface area contributed by atoms with E-state index in [0.717, 1.165) is 4.47 Å². The van der Waals surface area contributed by atoms with Crippen molar-refractivity contribution in [2.45, 2.75) is 6.04 Å². The number of rotatable bonds is 1. The van der Waals surface area contributed by atoms with Gasteiger partial charge in [-0.1, -0.05) is 15.9 Å². The van der Waals surface area contributed by atoms with Gasteiger partial charge in [-0.3, -0.25) is 0 Å². The van der Waals surface area contributed by atoms with Gasteiger partial charge < -0.3 is 10.8 Å². The number of nitrogens with two attached hydrogens (primary N) is 1. The van der Waals surface area contributed by atoms with Crippen molar-refractivity contribution in [3.63, 3.8) is 0 Å². The number of nitrogens with zero attached hydrogens (tertiary/aromatic N) is 1. The van der Waals surface area contributed by atoms with Gasteiger partial charge in [-0.05, 0) is 28.1 Å². The Hall–Kier alpha value is -0.570. The van der Waals surface area contributed by atoms with Crippen LogP contribution in [0, 0.1) is 11.3 Å². The Morgan fingerprint density at radius 3 is 2.62 bits per heavy atom. The minimum atomic E-state index is -0.811. The molecule has 1 rings (SSSR count). The summed E-state index contributed by atoms with van der Waals surface area (Å²) in [7, 11) is 0.